The van der Waals surface area contributed by atoms with Gasteiger partial charge in [0.05, 0.1) is 0 Å². The molecule has 7 nitrogen and oxygen atoms in total. The lowest BCUT2D eigenvalue weighted by Gasteiger charge is -2.42. The minimum Gasteiger partial charge on any atom is -0.480 e. The summed E-state index contributed by atoms with van der Waals surface area (Å²) in [6.45, 7) is 4.07. The highest BCUT2D eigenvalue weighted by Gasteiger charge is 2.47. The molecule has 2 rings (SSSR count). The van der Waals surface area contributed by atoms with Crippen LogP contribution in [-0.2, 0) is 9.59 Å². The van der Waals surface area contributed by atoms with Gasteiger partial charge >= 0.3 is 12.0 Å². The Bertz CT molecular complexity index is 441. The largest absolute Gasteiger partial charge is 0.480 e. The predicted octanol–water partition coefficient (Wildman–Crippen LogP) is 0.304. The second-order valence-corrected chi connectivity index (χ2v) is 5.99. The summed E-state index contributed by atoms with van der Waals surface area (Å²) in [4.78, 5) is 37.1. The van der Waals surface area contributed by atoms with Crippen LogP contribution in [-0.4, -0.2) is 52.1 Å². The van der Waals surface area contributed by atoms with Gasteiger partial charge in [0, 0.05) is 13.1 Å². The van der Waals surface area contributed by atoms with Gasteiger partial charge in [-0.1, -0.05) is 12.8 Å². The van der Waals surface area contributed by atoms with Crippen LogP contribution >= 0.6 is 0 Å². The smallest absolute Gasteiger partial charge is 0.329 e. The number of rotatable bonds is 2. The van der Waals surface area contributed by atoms with E-state index in [1.54, 1.807) is 13.8 Å². The molecule has 1 heterocycles. The number of carboxylic acids is 1. The molecule has 112 valence electrons. The molecule has 1 saturated carbocycles. The number of carboxylic acid groups (broad SMARTS) is 1. The first kappa shape index (κ1) is 14.6. The number of nitrogens with one attached hydrogen (secondary N) is 2. The molecule has 2 aliphatic rings. The molecular formula is C13H21N3O4. The maximum absolute atomic E-state index is 12.4. The third-order valence-corrected chi connectivity index (χ3v) is 4.31. The van der Waals surface area contributed by atoms with Gasteiger partial charge < -0.3 is 20.6 Å². The van der Waals surface area contributed by atoms with Crippen molar-refractivity contribution in [1.29, 1.82) is 0 Å². The summed E-state index contributed by atoms with van der Waals surface area (Å²) in [6.07, 6.45) is 2.45. The Kier molecular flexibility index (Phi) is 3.62. The number of hydrogen-bond acceptors (Lipinski definition) is 3. The number of carbonyl (C=O) groups excluding carboxylic acids is 2. The Hall–Kier alpha value is -1.79. The number of piperazine rings is 1. The van der Waals surface area contributed by atoms with E-state index < -0.39 is 23.1 Å². The molecule has 1 aliphatic carbocycles. The lowest BCUT2D eigenvalue weighted by molar-refractivity contribution is -0.144. The first-order valence-electron chi connectivity index (χ1n) is 6.91. The molecule has 0 bridgehead atoms. The van der Waals surface area contributed by atoms with Gasteiger partial charge in [-0.25, -0.2) is 9.59 Å². The van der Waals surface area contributed by atoms with Crippen molar-refractivity contribution in [3.05, 3.63) is 0 Å². The highest BCUT2D eigenvalue weighted by molar-refractivity contribution is 5.93. The molecule has 0 aromatic heterocycles. The molecule has 3 N–H and O–H groups in total. The zero-order valence-electron chi connectivity index (χ0n) is 11.9. The average Bonchev–Trinajstić information content (AvgIpc) is 2.82. The summed E-state index contributed by atoms with van der Waals surface area (Å²) in [5, 5.41) is 14.7. The summed E-state index contributed by atoms with van der Waals surface area (Å²) < 4.78 is 0. The minimum absolute atomic E-state index is 0.227. The van der Waals surface area contributed by atoms with Crippen molar-refractivity contribution in [1.82, 2.24) is 15.5 Å². The SMILES string of the molecule is CC1(C)C(=O)NCCN1C(=O)NC1(C(=O)O)CCCC1. The van der Waals surface area contributed by atoms with Gasteiger partial charge in [0.25, 0.3) is 0 Å². The lowest BCUT2D eigenvalue weighted by atomic mass is 9.96. The standard InChI is InChI=1S/C13H21N3O4/c1-12(2)9(17)14-7-8-16(12)11(20)15-13(10(18)19)5-3-4-6-13/h3-8H2,1-2H3,(H,14,17)(H,15,20)(H,18,19). The number of nitrogens with zero attached hydrogens (tertiary/aromatic N) is 1. The third-order valence-electron chi connectivity index (χ3n) is 4.31. The van der Waals surface area contributed by atoms with Crippen molar-refractivity contribution in [2.45, 2.75) is 50.6 Å². The molecule has 3 amide bonds. The highest BCUT2D eigenvalue weighted by Crippen LogP contribution is 2.30. The van der Waals surface area contributed by atoms with Crippen LogP contribution in [0.4, 0.5) is 4.79 Å². The fourth-order valence-corrected chi connectivity index (χ4v) is 2.90. The molecule has 1 saturated heterocycles. The van der Waals surface area contributed by atoms with E-state index in [4.69, 9.17) is 0 Å². The van der Waals surface area contributed by atoms with E-state index in [2.05, 4.69) is 10.6 Å². The van der Waals surface area contributed by atoms with Crippen LogP contribution < -0.4 is 10.6 Å². The lowest BCUT2D eigenvalue weighted by Crippen LogP contribution is -2.67. The summed E-state index contributed by atoms with van der Waals surface area (Å²) >= 11 is 0. The van der Waals surface area contributed by atoms with Crippen molar-refractivity contribution >= 4 is 17.9 Å². The van der Waals surface area contributed by atoms with E-state index in [0.29, 0.717) is 25.9 Å². The normalized spacial score (nSPS) is 24.1. The van der Waals surface area contributed by atoms with Crippen molar-refractivity contribution < 1.29 is 19.5 Å². The monoisotopic (exact) mass is 283 g/mol. The van der Waals surface area contributed by atoms with E-state index >= 15 is 0 Å². The van der Waals surface area contributed by atoms with Gasteiger partial charge in [-0.05, 0) is 26.7 Å². The van der Waals surface area contributed by atoms with E-state index in [0.717, 1.165) is 12.8 Å². The van der Waals surface area contributed by atoms with Crippen LogP contribution in [0.25, 0.3) is 0 Å². The van der Waals surface area contributed by atoms with Gasteiger partial charge in [-0.15, -0.1) is 0 Å². The Morgan fingerprint density at radius 2 is 1.90 bits per heavy atom. The van der Waals surface area contributed by atoms with Gasteiger partial charge in [-0.2, -0.15) is 0 Å². The third kappa shape index (κ3) is 2.32. The topological polar surface area (TPSA) is 98.7 Å². The molecule has 0 unspecified atom stereocenters. The van der Waals surface area contributed by atoms with Gasteiger partial charge in [0.1, 0.15) is 11.1 Å². The Morgan fingerprint density at radius 1 is 1.30 bits per heavy atom. The maximum atomic E-state index is 12.4. The van der Waals surface area contributed by atoms with E-state index in [-0.39, 0.29) is 5.91 Å². The molecule has 2 fully saturated rings. The summed E-state index contributed by atoms with van der Waals surface area (Å²) in [6, 6.07) is -0.478. The maximum Gasteiger partial charge on any atom is 0.329 e. The Balaban J connectivity index is 2.15. The second-order valence-electron chi connectivity index (χ2n) is 5.99. The number of amides is 3. The van der Waals surface area contributed by atoms with Gasteiger partial charge in [0.2, 0.25) is 5.91 Å². The van der Waals surface area contributed by atoms with Gasteiger partial charge in [-0.3, -0.25) is 4.79 Å². The first-order valence-corrected chi connectivity index (χ1v) is 6.91. The number of carbonyl (C=O) groups is 3. The van der Waals surface area contributed by atoms with Crippen LogP contribution in [0.2, 0.25) is 0 Å². The molecule has 0 atom stereocenters. The summed E-state index contributed by atoms with van der Waals surface area (Å²) in [5.41, 5.74) is -2.15. The number of aliphatic carboxylic acids is 1. The van der Waals surface area contributed by atoms with Crippen molar-refractivity contribution in [3.63, 3.8) is 0 Å². The Labute approximate surface area is 117 Å². The zero-order valence-corrected chi connectivity index (χ0v) is 11.9. The van der Waals surface area contributed by atoms with Crippen LogP contribution in [0, 0.1) is 0 Å². The summed E-state index contributed by atoms with van der Waals surface area (Å²) in [7, 11) is 0. The predicted molar refractivity (Wildman–Crippen MR) is 71.2 cm³/mol. The number of urea groups is 1. The molecule has 1 aliphatic heterocycles. The van der Waals surface area contributed by atoms with Crippen LogP contribution in [0.5, 0.6) is 0 Å². The highest BCUT2D eigenvalue weighted by atomic mass is 16.4. The summed E-state index contributed by atoms with van der Waals surface area (Å²) in [5.74, 6) is -1.22. The fraction of sp³-hybridized carbons (Fsp3) is 0.769. The minimum atomic E-state index is -1.18. The molecule has 7 heteroatoms. The zero-order chi connectivity index (χ0) is 15.0. The van der Waals surface area contributed by atoms with Crippen molar-refractivity contribution in [2.75, 3.05) is 13.1 Å². The molecular weight excluding hydrogens is 262 g/mol. The molecule has 0 aromatic rings. The van der Waals surface area contributed by atoms with Crippen LogP contribution in [0.3, 0.4) is 0 Å². The van der Waals surface area contributed by atoms with E-state index in [1.165, 1.54) is 4.90 Å². The van der Waals surface area contributed by atoms with E-state index in [1.807, 2.05) is 0 Å². The van der Waals surface area contributed by atoms with E-state index in [9.17, 15) is 19.5 Å². The molecule has 20 heavy (non-hydrogen) atoms. The van der Waals surface area contributed by atoms with Crippen LogP contribution in [0.15, 0.2) is 0 Å². The second kappa shape index (κ2) is 4.96. The average molecular weight is 283 g/mol. The quantitative estimate of drug-likeness (QED) is 0.679. The van der Waals surface area contributed by atoms with Gasteiger partial charge in [0.15, 0.2) is 0 Å². The van der Waals surface area contributed by atoms with Crippen molar-refractivity contribution in [3.8, 4) is 0 Å². The molecule has 0 spiro atoms. The number of hydrogen-bond donors (Lipinski definition) is 3. The Morgan fingerprint density at radius 3 is 2.45 bits per heavy atom. The first-order chi connectivity index (χ1) is 9.29. The van der Waals surface area contributed by atoms with Crippen LogP contribution in [0.1, 0.15) is 39.5 Å². The molecule has 0 radical (unpaired) electrons. The fourth-order valence-electron chi connectivity index (χ4n) is 2.90. The molecule has 0 aromatic carbocycles. The van der Waals surface area contributed by atoms with Crippen molar-refractivity contribution in [2.24, 2.45) is 0 Å².